The van der Waals surface area contributed by atoms with Crippen molar-refractivity contribution in [2.24, 2.45) is 0 Å². The van der Waals surface area contributed by atoms with E-state index >= 15 is 0 Å². The van der Waals surface area contributed by atoms with Crippen LogP contribution in [0, 0.1) is 11.3 Å². The number of allylic oxidation sites excluding steroid dienone is 1. The van der Waals surface area contributed by atoms with Crippen molar-refractivity contribution in [2.75, 3.05) is 0 Å². The van der Waals surface area contributed by atoms with Crippen molar-refractivity contribution in [3.63, 3.8) is 0 Å². The fourth-order valence-corrected chi connectivity index (χ4v) is 0.751. The van der Waals surface area contributed by atoms with Crippen molar-refractivity contribution in [2.45, 2.75) is 0 Å². The third-order valence-corrected chi connectivity index (χ3v) is 1.28. The molecule has 0 spiro atoms. The highest BCUT2D eigenvalue weighted by Gasteiger charge is 1.97. The van der Waals surface area contributed by atoms with Crippen LogP contribution in [-0.2, 0) is 4.79 Å². The molecule has 0 saturated carbocycles. The Morgan fingerprint density at radius 2 is 1.91 bits per heavy atom. The molecule has 0 aliphatic heterocycles. The number of hydrogen-bond donors (Lipinski definition) is 0. The molecule has 0 saturated heterocycles. The Morgan fingerprint density at radius 1 is 1.27 bits per heavy atom. The van der Waals surface area contributed by atoms with Gasteiger partial charge in [-0.25, -0.2) is 4.79 Å². The highest BCUT2D eigenvalue weighted by molar-refractivity contribution is 5.95. The maximum Gasteiger partial charge on any atom is 0.144 e. The maximum atomic E-state index is 10.2. The molecule has 0 unspecified atom stereocenters. The van der Waals surface area contributed by atoms with Gasteiger partial charge in [-0.15, -0.1) is 0 Å². The van der Waals surface area contributed by atoms with E-state index in [0.29, 0.717) is 5.56 Å². The van der Waals surface area contributed by atoms with E-state index < -0.39 is 0 Å². The standard InChI is InChI=1S/C9H5NO/c10-6-9(7-11)8-4-2-1-3-5-8/h1-5H. The monoisotopic (exact) mass is 143 g/mol. The van der Waals surface area contributed by atoms with Crippen LogP contribution in [0.15, 0.2) is 30.3 Å². The largest absolute Gasteiger partial charge is 0.232 e. The molecule has 2 heteroatoms. The topological polar surface area (TPSA) is 40.9 Å². The first-order valence-corrected chi connectivity index (χ1v) is 3.09. The first-order valence-electron chi connectivity index (χ1n) is 3.09. The van der Waals surface area contributed by atoms with E-state index in [-0.39, 0.29) is 5.57 Å². The Morgan fingerprint density at radius 3 is 2.36 bits per heavy atom. The number of rotatable bonds is 1. The molecule has 11 heavy (non-hydrogen) atoms. The van der Waals surface area contributed by atoms with Gasteiger partial charge in [0.2, 0.25) is 0 Å². The summed E-state index contributed by atoms with van der Waals surface area (Å²) in [4.78, 5) is 10.2. The summed E-state index contributed by atoms with van der Waals surface area (Å²) in [5.41, 5.74) is 0.663. The van der Waals surface area contributed by atoms with E-state index in [4.69, 9.17) is 5.26 Å². The van der Waals surface area contributed by atoms with Crippen LogP contribution in [0.3, 0.4) is 0 Å². The van der Waals surface area contributed by atoms with Gasteiger partial charge in [0.15, 0.2) is 0 Å². The van der Waals surface area contributed by atoms with Gasteiger partial charge in [-0.2, -0.15) is 5.26 Å². The van der Waals surface area contributed by atoms with E-state index in [1.165, 1.54) is 0 Å². The number of nitriles is 1. The van der Waals surface area contributed by atoms with Gasteiger partial charge in [0.05, 0.1) is 0 Å². The van der Waals surface area contributed by atoms with Crippen molar-refractivity contribution in [3.05, 3.63) is 35.9 Å². The summed E-state index contributed by atoms with van der Waals surface area (Å²) in [6, 6.07) is 10.5. The van der Waals surface area contributed by atoms with Crippen LogP contribution < -0.4 is 0 Å². The predicted molar refractivity (Wildman–Crippen MR) is 41.2 cm³/mol. The summed E-state index contributed by atoms with van der Waals surface area (Å²) in [7, 11) is 0. The summed E-state index contributed by atoms with van der Waals surface area (Å²) in [6.45, 7) is 0. The molecule has 0 aliphatic carbocycles. The zero-order valence-corrected chi connectivity index (χ0v) is 5.74. The highest BCUT2D eigenvalue weighted by Crippen LogP contribution is 2.08. The molecule has 1 aromatic carbocycles. The van der Waals surface area contributed by atoms with Crippen LogP contribution in [-0.4, -0.2) is 5.94 Å². The van der Waals surface area contributed by atoms with Crippen LogP contribution in [0.25, 0.3) is 5.57 Å². The van der Waals surface area contributed by atoms with E-state index in [0.717, 1.165) is 0 Å². The summed E-state index contributed by atoms with van der Waals surface area (Å²) in [5, 5.41) is 8.43. The molecule has 2 nitrogen and oxygen atoms in total. The molecule has 0 heterocycles. The summed E-state index contributed by atoms with van der Waals surface area (Å²) < 4.78 is 0. The number of benzene rings is 1. The summed E-state index contributed by atoms with van der Waals surface area (Å²) >= 11 is 0. The molecule has 1 aromatic rings. The summed E-state index contributed by atoms with van der Waals surface area (Å²) in [5.74, 6) is 1.57. The molecule has 0 fully saturated rings. The number of hydrogen-bond acceptors (Lipinski definition) is 2. The molecule has 0 N–H and O–H groups in total. The van der Waals surface area contributed by atoms with Crippen LogP contribution >= 0.6 is 0 Å². The molecule has 0 bridgehead atoms. The number of nitrogens with zero attached hydrogens (tertiary/aromatic N) is 1. The minimum atomic E-state index is 0.0469. The lowest BCUT2D eigenvalue weighted by Gasteiger charge is -1.90. The average Bonchev–Trinajstić information content (AvgIpc) is 2.09. The van der Waals surface area contributed by atoms with Crippen molar-refractivity contribution in [3.8, 4) is 6.07 Å². The van der Waals surface area contributed by atoms with Gasteiger partial charge in [-0.05, 0) is 0 Å². The Kier molecular flexibility index (Phi) is 2.22. The molecule has 0 atom stereocenters. The van der Waals surface area contributed by atoms with E-state index in [1.807, 2.05) is 6.07 Å². The summed E-state index contributed by atoms with van der Waals surface area (Å²) in [6.07, 6.45) is 0. The van der Waals surface area contributed by atoms with Crippen molar-refractivity contribution in [1.29, 1.82) is 5.26 Å². The minimum absolute atomic E-state index is 0.0469. The van der Waals surface area contributed by atoms with Crippen LogP contribution in [0.1, 0.15) is 5.56 Å². The Bertz CT molecular complexity index is 328. The Balaban J connectivity index is 3.15. The van der Waals surface area contributed by atoms with Gasteiger partial charge in [0.1, 0.15) is 17.6 Å². The van der Waals surface area contributed by atoms with Crippen LogP contribution in [0.5, 0.6) is 0 Å². The minimum Gasteiger partial charge on any atom is -0.232 e. The number of carbonyl (C=O) groups excluding carboxylic acids is 1. The highest BCUT2D eigenvalue weighted by atomic mass is 16.1. The Hall–Kier alpha value is -1.84. The van der Waals surface area contributed by atoms with Gasteiger partial charge < -0.3 is 0 Å². The van der Waals surface area contributed by atoms with Crippen LogP contribution in [0.2, 0.25) is 0 Å². The SMILES string of the molecule is N#CC(=C=O)c1ccccc1. The lowest BCUT2D eigenvalue weighted by molar-refractivity contribution is 0.569. The van der Waals surface area contributed by atoms with E-state index in [1.54, 1.807) is 36.3 Å². The van der Waals surface area contributed by atoms with Crippen molar-refractivity contribution >= 4 is 11.5 Å². The Labute approximate surface area is 64.4 Å². The molecule has 0 radical (unpaired) electrons. The quantitative estimate of drug-likeness (QED) is 0.440. The normalized spacial score (nSPS) is 7.91. The molecule has 1 rings (SSSR count). The van der Waals surface area contributed by atoms with Crippen LogP contribution in [0.4, 0.5) is 0 Å². The molecule has 0 amide bonds. The zero-order chi connectivity index (χ0) is 8.10. The van der Waals surface area contributed by atoms with Crippen molar-refractivity contribution < 1.29 is 4.79 Å². The zero-order valence-electron chi connectivity index (χ0n) is 5.74. The lowest BCUT2D eigenvalue weighted by Crippen LogP contribution is -1.79. The second kappa shape index (κ2) is 3.36. The van der Waals surface area contributed by atoms with E-state index in [9.17, 15) is 4.79 Å². The predicted octanol–water partition coefficient (Wildman–Crippen LogP) is 1.43. The fraction of sp³-hybridized carbons (Fsp3) is 0. The van der Waals surface area contributed by atoms with E-state index in [2.05, 4.69) is 0 Å². The van der Waals surface area contributed by atoms with Gasteiger partial charge in [-0.3, -0.25) is 0 Å². The third kappa shape index (κ3) is 1.54. The first-order chi connectivity index (χ1) is 5.38. The lowest BCUT2D eigenvalue weighted by atomic mass is 10.1. The smallest absolute Gasteiger partial charge is 0.144 e. The van der Waals surface area contributed by atoms with Crippen molar-refractivity contribution in [1.82, 2.24) is 0 Å². The second-order valence-electron chi connectivity index (χ2n) is 1.95. The van der Waals surface area contributed by atoms with Gasteiger partial charge in [0.25, 0.3) is 0 Å². The molecule has 0 aromatic heterocycles. The van der Waals surface area contributed by atoms with Gasteiger partial charge >= 0.3 is 0 Å². The maximum absolute atomic E-state index is 10.2. The second-order valence-corrected chi connectivity index (χ2v) is 1.95. The molecule has 0 aliphatic rings. The molecular formula is C9H5NO. The average molecular weight is 143 g/mol. The molecule has 52 valence electrons. The first kappa shape index (κ1) is 7.27. The fourth-order valence-electron chi connectivity index (χ4n) is 0.751. The van der Waals surface area contributed by atoms with Gasteiger partial charge in [0, 0.05) is 5.56 Å². The van der Waals surface area contributed by atoms with Gasteiger partial charge in [-0.1, -0.05) is 30.3 Å². The third-order valence-electron chi connectivity index (χ3n) is 1.28. The molecular weight excluding hydrogens is 138 g/mol.